The summed E-state index contributed by atoms with van der Waals surface area (Å²) in [5.41, 5.74) is 1.75. The fraction of sp³-hybridized carbons (Fsp3) is 0.481. The van der Waals surface area contributed by atoms with Gasteiger partial charge in [0.25, 0.3) is 0 Å². The summed E-state index contributed by atoms with van der Waals surface area (Å²) < 4.78 is 27.9. The number of hydrogen-bond donors (Lipinski definition) is 2. The molecule has 2 aliphatic rings. The smallest absolute Gasteiger partial charge is 0.304 e. The minimum Gasteiger partial charge on any atom is -0.481 e. The maximum absolute atomic E-state index is 13.2. The zero-order chi connectivity index (χ0) is 26.9. The molecule has 2 aromatic carbocycles. The van der Waals surface area contributed by atoms with Crippen LogP contribution in [0.1, 0.15) is 62.1 Å². The maximum atomic E-state index is 13.2. The number of benzene rings is 2. The lowest BCUT2D eigenvalue weighted by molar-refractivity contribution is -0.142. The van der Waals surface area contributed by atoms with Gasteiger partial charge in [0.1, 0.15) is 0 Å². The summed E-state index contributed by atoms with van der Waals surface area (Å²) in [5, 5.41) is 13.2. The van der Waals surface area contributed by atoms with Gasteiger partial charge in [-0.25, -0.2) is 8.42 Å². The normalized spacial score (nSPS) is 23.9. The topological polar surface area (TPSA) is 104 Å². The molecular weight excluding hydrogens is 535 g/mol. The lowest BCUT2D eigenvalue weighted by atomic mass is 9.73. The number of nitrogens with one attached hydrogen (secondary N) is 1. The van der Waals surface area contributed by atoms with Crippen LogP contribution in [0, 0.1) is 11.8 Å². The van der Waals surface area contributed by atoms with Gasteiger partial charge in [-0.05, 0) is 67.0 Å². The molecule has 7 nitrogen and oxygen atoms in total. The van der Waals surface area contributed by atoms with E-state index in [-0.39, 0.29) is 35.5 Å². The van der Waals surface area contributed by atoms with E-state index in [1.165, 1.54) is 4.31 Å². The molecule has 2 fully saturated rings. The van der Waals surface area contributed by atoms with E-state index in [1.807, 2.05) is 37.3 Å². The van der Waals surface area contributed by atoms with Crippen LogP contribution < -0.4 is 5.32 Å². The van der Waals surface area contributed by atoms with Crippen LogP contribution in [0.15, 0.2) is 48.5 Å². The number of halogens is 2. The van der Waals surface area contributed by atoms with Gasteiger partial charge in [0.2, 0.25) is 15.9 Å². The summed E-state index contributed by atoms with van der Waals surface area (Å²) in [5.74, 6) is -2.29. The molecule has 1 heterocycles. The third-order valence-corrected chi connectivity index (χ3v) is 10.5. The van der Waals surface area contributed by atoms with Crippen molar-refractivity contribution in [3.63, 3.8) is 0 Å². The van der Waals surface area contributed by atoms with E-state index in [1.54, 1.807) is 25.2 Å². The van der Waals surface area contributed by atoms with Crippen LogP contribution in [0.4, 0.5) is 0 Å². The fourth-order valence-corrected chi connectivity index (χ4v) is 7.50. The first-order chi connectivity index (χ1) is 17.5. The van der Waals surface area contributed by atoms with E-state index in [2.05, 4.69) is 5.32 Å². The highest BCUT2D eigenvalue weighted by molar-refractivity contribution is 7.90. The van der Waals surface area contributed by atoms with Crippen molar-refractivity contribution in [3.05, 3.63) is 69.7 Å². The van der Waals surface area contributed by atoms with Crippen molar-refractivity contribution in [1.82, 2.24) is 9.62 Å². The van der Waals surface area contributed by atoms with Gasteiger partial charge in [0, 0.05) is 41.0 Å². The molecule has 2 aromatic rings. The summed E-state index contributed by atoms with van der Waals surface area (Å²) in [6, 6.07) is 13.8. The largest absolute Gasteiger partial charge is 0.481 e. The number of hydrogen-bond acceptors (Lipinski definition) is 4. The third-order valence-electron chi connectivity index (χ3n) is 7.60. The van der Waals surface area contributed by atoms with E-state index in [0.717, 1.165) is 11.1 Å². The molecule has 10 heteroatoms. The van der Waals surface area contributed by atoms with Gasteiger partial charge in [0.05, 0.1) is 11.7 Å². The van der Waals surface area contributed by atoms with Crippen LogP contribution >= 0.6 is 23.2 Å². The fourth-order valence-electron chi connectivity index (χ4n) is 5.41. The Morgan fingerprint density at radius 2 is 1.81 bits per heavy atom. The van der Waals surface area contributed by atoms with Gasteiger partial charge in [-0.2, -0.15) is 4.31 Å². The zero-order valence-electron chi connectivity index (χ0n) is 20.8. The number of rotatable bonds is 10. The molecule has 0 aromatic heterocycles. The quantitative estimate of drug-likeness (QED) is 0.408. The van der Waals surface area contributed by atoms with Crippen molar-refractivity contribution in [2.45, 2.75) is 62.3 Å². The van der Waals surface area contributed by atoms with Crippen LogP contribution in [0.2, 0.25) is 10.0 Å². The first-order valence-corrected chi connectivity index (χ1v) is 14.7. The van der Waals surface area contributed by atoms with Crippen molar-refractivity contribution in [1.29, 1.82) is 0 Å². The van der Waals surface area contributed by atoms with Gasteiger partial charge < -0.3 is 10.4 Å². The minimum absolute atomic E-state index is 0.142. The molecule has 1 amide bonds. The standard InChI is InChI=1S/C27H32Cl2N2O5S/c1-16(12-24(17-6-8-20(28)9-7-17)31(2)37(35,36)22-10-11-22)26-23(18-4-3-5-21(29)13-18)14-19(15-25(32)33)27(34)30-26/h3-9,13,16,19,22-24,26H,10-12,14-15H2,1-2H3,(H,30,34)(H,32,33)/t16?,19-,23+,24-,26-/m0/s1. The lowest BCUT2D eigenvalue weighted by Gasteiger charge is -2.41. The highest BCUT2D eigenvalue weighted by Gasteiger charge is 2.44. The number of amides is 1. The Morgan fingerprint density at radius 3 is 2.41 bits per heavy atom. The molecule has 37 heavy (non-hydrogen) atoms. The Balaban J connectivity index is 1.66. The Hall–Kier alpha value is -2.13. The Morgan fingerprint density at radius 1 is 1.14 bits per heavy atom. The van der Waals surface area contributed by atoms with E-state index >= 15 is 0 Å². The van der Waals surface area contributed by atoms with E-state index in [9.17, 15) is 23.1 Å². The second-order valence-corrected chi connectivity index (χ2v) is 13.4. The summed E-state index contributed by atoms with van der Waals surface area (Å²) in [7, 11) is -1.85. The molecule has 4 rings (SSSR count). The van der Waals surface area contributed by atoms with Gasteiger partial charge in [-0.1, -0.05) is 54.4 Å². The minimum atomic E-state index is -3.47. The number of carboxylic acid groups (broad SMARTS) is 1. The lowest BCUT2D eigenvalue weighted by Crippen LogP contribution is -2.52. The van der Waals surface area contributed by atoms with E-state index in [0.29, 0.717) is 35.7 Å². The average Bonchev–Trinajstić information content (AvgIpc) is 3.70. The van der Waals surface area contributed by atoms with Crippen LogP contribution in [0.5, 0.6) is 0 Å². The third kappa shape index (κ3) is 6.48. The van der Waals surface area contributed by atoms with Crippen molar-refractivity contribution < 1.29 is 23.1 Å². The Kier molecular flexibility index (Phi) is 8.53. The highest BCUT2D eigenvalue weighted by atomic mass is 35.5. The van der Waals surface area contributed by atoms with Gasteiger partial charge in [-0.15, -0.1) is 0 Å². The molecule has 1 saturated heterocycles. The number of carbonyl (C=O) groups is 2. The molecule has 0 spiro atoms. The number of piperidine rings is 1. The van der Waals surface area contributed by atoms with Gasteiger partial charge in [-0.3, -0.25) is 9.59 Å². The molecule has 1 saturated carbocycles. The van der Waals surface area contributed by atoms with Gasteiger partial charge >= 0.3 is 5.97 Å². The molecular formula is C27H32Cl2N2O5S. The summed E-state index contributed by atoms with van der Waals surface area (Å²) in [6.45, 7) is 2.00. The summed E-state index contributed by atoms with van der Waals surface area (Å²) in [4.78, 5) is 24.4. The zero-order valence-corrected chi connectivity index (χ0v) is 23.1. The van der Waals surface area contributed by atoms with E-state index in [4.69, 9.17) is 23.2 Å². The summed E-state index contributed by atoms with van der Waals surface area (Å²) >= 11 is 12.4. The Labute approximate surface area is 228 Å². The highest BCUT2D eigenvalue weighted by Crippen LogP contribution is 2.42. The Bertz CT molecular complexity index is 1250. The molecule has 0 radical (unpaired) electrons. The number of sulfonamides is 1. The molecule has 2 N–H and O–H groups in total. The maximum Gasteiger partial charge on any atom is 0.304 e. The summed E-state index contributed by atoms with van der Waals surface area (Å²) in [6.07, 6.45) is 1.90. The van der Waals surface area contributed by atoms with Crippen LogP contribution in [-0.2, 0) is 19.6 Å². The number of aliphatic carboxylic acids is 1. The van der Waals surface area contributed by atoms with Crippen LogP contribution in [0.25, 0.3) is 0 Å². The second kappa shape index (κ2) is 11.3. The van der Waals surface area contributed by atoms with Crippen LogP contribution in [-0.4, -0.2) is 48.0 Å². The molecule has 0 bridgehead atoms. The average molecular weight is 568 g/mol. The van der Waals surface area contributed by atoms with E-state index < -0.39 is 28.0 Å². The molecule has 1 aliphatic heterocycles. The van der Waals surface area contributed by atoms with Gasteiger partial charge in [0.15, 0.2) is 0 Å². The number of carboxylic acids is 1. The van der Waals surface area contributed by atoms with Crippen molar-refractivity contribution in [3.8, 4) is 0 Å². The predicted octanol–water partition coefficient (Wildman–Crippen LogP) is 5.25. The molecule has 1 aliphatic carbocycles. The first kappa shape index (κ1) is 27.9. The number of carbonyl (C=O) groups excluding carboxylic acids is 1. The monoisotopic (exact) mass is 566 g/mol. The first-order valence-electron chi connectivity index (χ1n) is 12.5. The van der Waals surface area contributed by atoms with Crippen molar-refractivity contribution in [2.24, 2.45) is 11.8 Å². The molecule has 5 atom stereocenters. The van der Waals surface area contributed by atoms with Crippen molar-refractivity contribution >= 4 is 45.1 Å². The van der Waals surface area contributed by atoms with Crippen LogP contribution in [0.3, 0.4) is 0 Å². The predicted molar refractivity (Wildman–Crippen MR) is 144 cm³/mol. The number of nitrogens with zero attached hydrogens (tertiary/aromatic N) is 1. The molecule has 200 valence electrons. The SMILES string of the molecule is CC(C[C@@H](c1ccc(Cl)cc1)N(C)S(=O)(=O)C1CC1)[C@@H]1NC(=O)[C@H](CC(=O)O)C[C@@H]1c1cccc(Cl)c1. The van der Waals surface area contributed by atoms with Crippen molar-refractivity contribution in [2.75, 3.05) is 7.05 Å². The molecule has 1 unspecified atom stereocenters. The second-order valence-electron chi connectivity index (χ2n) is 10.3.